The zero-order valence-corrected chi connectivity index (χ0v) is 6.28. The smallest absolute Gasteiger partial charge is 0.197 e. The molecule has 2 nitrogen and oxygen atoms in total. The Morgan fingerprint density at radius 1 is 1.30 bits per heavy atom. The van der Waals surface area contributed by atoms with Crippen molar-refractivity contribution in [1.29, 1.82) is 0 Å². The summed E-state index contributed by atoms with van der Waals surface area (Å²) in [6.07, 6.45) is 1.74. The quantitative estimate of drug-likeness (QED) is 0.505. The van der Waals surface area contributed by atoms with Crippen molar-refractivity contribution < 1.29 is 0 Å². The van der Waals surface area contributed by atoms with Gasteiger partial charge in [-0.3, -0.25) is 0 Å². The number of rotatable bonds is 0. The molecule has 47 valence electrons. The molecule has 0 spiro atoms. The van der Waals surface area contributed by atoms with Gasteiger partial charge in [0.25, 0.3) is 0 Å². The zero-order valence-electron chi connectivity index (χ0n) is 5.28. The van der Waals surface area contributed by atoms with Crippen LogP contribution < -0.4 is 0 Å². The number of imidazole rings is 1. The highest BCUT2D eigenvalue weighted by Crippen LogP contribution is 2.08. The highest BCUT2D eigenvalue weighted by Gasteiger charge is 1.94. The molecule has 0 saturated heterocycles. The molecule has 1 aromatic carbocycles. The minimum Gasteiger partial charge on any atom is -0.360 e. The Labute approximate surface area is 62.0 Å². The molecule has 0 atom stereocenters. The minimum atomic E-state index is 1.01. The van der Waals surface area contributed by atoms with E-state index in [0.29, 0.717) is 0 Å². The third-order valence-corrected chi connectivity index (χ3v) is 1.81. The van der Waals surface area contributed by atoms with Crippen LogP contribution >= 0.6 is 0 Å². The Balaban J connectivity index is 2.93. The zero-order chi connectivity index (χ0) is 6.97. The van der Waals surface area contributed by atoms with E-state index in [4.69, 9.17) is 0 Å². The van der Waals surface area contributed by atoms with Gasteiger partial charge in [-0.2, -0.15) is 0 Å². The first-order valence-electron chi connectivity index (χ1n) is 3.01. The van der Waals surface area contributed by atoms with Crippen LogP contribution in [0.3, 0.4) is 0 Å². The Kier molecular flexibility index (Phi) is 1.11. The van der Waals surface area contributed by atoms with Crippen molar-refractivity contribution in [3.05, 3.63) is 30.6 Å². The van der Waals surface area contributed by atoms with Gasteiger partial charge in [0, 0.05) is 0 Å². The van der Waals surface area contributed by atoms with Crippen LogP contribution in [0.1, 0.15) is 0 Å². The summed E-state index contributed by atoms with van der Waals surface area (Å²) >= 11 is 0. The summed E-state index contributed by atoms with van der Waals surface area (Å²) in [6, 6.07) is 7.95. The SMILES string of the molecule is [Si]n1cnc2ccccc21. The molecule has 0 aliphatic carbocycles. The molecule has 0 unspecified atom stereocenters. The molecule has 2 aromatic rings. The monoisotopic (exact) mass is 145 g/mol. The number of aromatic nitrogens is 2. The lowest BCUT2D eigenvalue weighted by Crippen LogP contribution is -1.85. The molecule has 3 heteroatoms. The molecule has 2 rings (SSSR count). The summed E-state index contributed by atoms with van der Waals surface area (Å²) in [6.45, 7) is 0. The maximum atomic E-state index is 4.13. The van der Waals surface area contributed by atoms with Crippen molar-refractivity contribution in [2.45, 2.75) is 0 Å². The van der Waals surface area contributed by atoms with Crippen LogP contribution in [-0.4, -0.2) is 19.6 Å². The third kappa shape index (κ3) is 0.674. The van der Waals surface area contributed by atoms with Gasteiger partial charge in [0.2, 0.25) is 0 Å². The first kappa shape index (κ1) is 5.67. The normalized spacial score (nSPS) is 10.5. The van der Waals surface area contributed by atoms with Crippen LogP contribution in [0.4, 0.5) is 0 Å². The van der Waals surface area contributed by atoms with E-state index in [0.717, 1.165) is 11.0 Å². The number of hydrogen-bond acceptors (Lipinski definition) is 1. The van der Waals surface area contributed by atoms with Gasteiger partial charge in [0.05, 0.1) is 17.4 Å². The van der Waals surface area contributed by atoms with Gasteiger partial charge in [-0.25, -0.2) is 4.98 Å². The fourth-order valence-electron chi connectivity index (χ4n) is 0.959. The Hall–Kier alpha value is -1.09. The molecule has 0 amide bonds. The van der Waals surface area contributed by atoms with Crippen molar-refractivity contribution in [2.24, 2.45) is 0 Å². The van der Waals surface area contributed by atoms with E-state index in [1.165, 1.54) is 0 Å². The first-order chi connectivity index (χ1) is 4.88. The van der Waals surface area contributed by atoms with Crippen molar-refractivity contribution in [1.82, 2.24) is 9.22 Å². The van der Waals surface area contributed by atoms with Crippen LogP contribution in [0.5, 0.6) is 0 Å². The lowest BCUT2D eigenvalue weighted by molar-refractivity contribution is 1.25. The number of nitrogens with zero attached hydrogens (tertiary/aromatic N) is 2. The lowest BCUT2D eigenvalue weighted by Gasteiger charge is -1.89. The summed E-state index contributed by atoms with van der Waals surface area (Å²) < 4.78 is 1.81. The second-order valence-corrected chi connectivity index (χ2v) is 2.59. The van der Waals surface area contributed by atoms with Crippen molar-refractivity contribution in [3.63, 3.8) is 0 Å². The Morgan fingerprint density at radius 2 is 2.10 bits per heavy atom. The number of para-hydroxylation sites is 2. The molecule has 0 fully saturated rings. The van der Waals surface area contributed by atoms with Crippen molar-refractivity contribution >= 4 is 21.4 Å². The molecular weight excluding hydrogens is 140 g/mol. The maximum Gasteiger partial charge on any atom is 0.197 e. The standard InChI is InChI=1S/C7H5N2Si/c10-9-5-8-6-3-1-2-4-7(6)9/h1-5H. The fraction of sp³-hybridized carbons (Fsp3) is 0. The summed E-state index contributed by atoms with van der Waals surface area (Å²) in [5.74, 6) is 0. The van der Waals surface area contributed by atoms with E-state index in [1.807, 2.05) is 28.5 Å². The van der Waals surface area contributed by atoms with Gasteiger partial charge in [0.1, 0.15) is 0 Å². The fourth-order valence-corrected chi connectivity index (χ4v) is 1.21. The summed E-state index contributed by atoms with van der Waals surface area (Å²) in [5.41, 5.74) is 2.11. The van der Waals surface area contributed by atoms with Gasteiger partial charge in [0.15, 0.2) is 10.4 Å². The second kappa shape index (κ2) is 1.95. The van der Waals surface area contributed by atoms with Crippen LogP contribution in [-0.2, 0) is 0 Å². The molecule has 0 saturated carbocycles. The predicted octanol–water partition coefficient (Wildman–Crippen LogP) is 0.968. The first-order valence-corrected chi connectivity index (χ1v) is 3.46. The molecule has 1 aromatic heterocycles. The van der Waals surface area contributed by atoms with E-state index in [1.54, 1.807) is 6.33 Å². The topological polar surface area (TPSA) is 17.8 Å². The third-order valence-electron chi connectivity index (χ3n) is 1.45. The van der Waals surface area contributed by atoms with E-state index >= 15 is 0 Å². The molecule has 10 heavy (non-hydrogen) atoms. The average Bonchev–Trinajstić information content (AvgIpc) is 2.34. The van der Waals surface area contributed by atoms with E-state index in [-0.39, 0.29) is 0 Å². The highest BCUT2D eigenvalue weighted by molar-refractivity contribution is 6.10. The van der Waals surface area contributed by atoms with E-state index in [2.05, 4.69) is 15.4 Å². The Bertz CT molecular complexity index is 353. The number of fused-ring (bicyclic) bond motifs is 1. The summed E-state index contributed by atoms with van der Waals surface area (Å²) in [4.78, 5) is 4.13. The van der Waals surface area contributed by atoms with Crippen LogP contribution in [0.2, 0.25) is 0 Å². The number of hydrogen-bond donors (Lipinski definition) is 0. The van der Waals surface area contributed by atoms with Gasteiger partial charge in [-0.05, 0) is 12.1 Å². The van der Waals surface area contributed by atoms with Crippen molar-refractivity contribution in [3.8, 4) is 0 Å². The van der Waals surface area contributed by atoms with E-state index in [9.17, 15) is 0 Å². The summed E-state index contributed by atoms with van der Waals surface area (Å²) in [7, 11) is 3.37. The van der Waals surface area contributed by atoms with Gasteiger partial charge in [-0.15, -0.1) is 0 Å². The molecule has 0 aliphatic heterocycles. The van der Waals surface area contributed by atoms with Crippen LogP contribution in [0.25, 0.3) is 11.0 Å². The molecule has 1 heterocycles. The van der Waals surface area contributed by atoms with E-state index < -0.39 is 0 Å². The summed E-state index contributed by atoms with van der Waals surface area (Å²) in [5, 5.41) is 0. The van der Waals surface area contributed by atoms with Crippen LogP contribution in [0, 0.1) is 0 Å². The molecule has 0 aliphatic rings. The molecule has 3 radical (unpaired) electrons. The van der Waals surface area contributed by atoms with Gasteiger partial charge >= 0.3 is 0 Å². The van der Waals surface area contributed by atoms with Gasteiger partial charge in [-0.1, -0.05) is 12.1 Å². The van der Waals surface area contributed by atoms with Crippen molar-refractivity contribution in [2.75, 3.05) is 0 Å². The maximum absolute atomic E-state index is 4.13. The molecule has 0 N–H and O–H groups in total. The Morgan fingerprint density at radius 3 is 2.90 bits per heavy atom. The molecular formula is C7H5N2Si. The predicted molar refractivity (Wildman–Crippen MR) is 40.9 cm³/mol. The lowest BCUT2D eigenvalue weighted by atomic mass is 10.3. The second-order valence-electron chi connectivity index (χ2n) is 2.10. The average molecular weight is 145 g/mol. The minimum absolute atomic E-state index is 1.01. The van der Waals surface area contributed by atoms with Gasteiger partial charge < -0.3 is 4.23 Å². The largest absolute Gasteiger partial charge is 0.360 e. The highest BCUT2D eigenvalue weighted by atomic mass is 28.2. The molecule has 0 bridgehead atoms. The van der Waals surface area contributed by atoms with Crippen LogP contribution in [0.15, 0.2) is 30.6 Å². The number of benzene rings is 1.